The summed E-state index contributed by atoms with van der Waals surface area (Å²) in [5, 5.41) is 3.72. The normalized spacial score (nSPS) is 29.1. The van der Waals surface area contributed by atoms with Crippen LogP contribution in [0.25, 0.3) is 0 Å². The van der Waals surface area contributed by atoms with Crippen molar-refractivity contribution in [3.05, 3.63) is 0 Å². The molecule has 3 atom stereocenters. The van der Waals surface area contributed by atoms with E-state index in [4.69, 9.17) is 0 Å². The van der Waals surface area contributed by atoms with Gasteiger partial charge in [0.2, 0.25) is 0 Å². The lowest BCUT2D eigenvalue weighted by Crippen LogP contribution is -2.41. The molecule has 0 bridgehead atoms. The van der Waals surface area contributed by atoms with Crippen LogP contribution in [0, 0.1) is 5.92 Å². The van der Waals surface area contributed by atoms with Crippen molar-refractivity contribution < 1.29 is 0 Å². The van der Waals surface area contributed by atoms with Crippen molar-refractivity contribution >= 4 is 0 Å². The minimum absolute atomic E-state index is 0.668. The molecule has 13 heavy (non-hydrogen) atoms. The number of rotatable bonds is 4. The van der Waals surface area contributed by atoms with Crippen LogP contribution in [0.5, 0.6) is 0 Å². The summed E-state index contributed by atoms with van der Waals surface area (Å²) < 4.78 is 0. The highest BCUT2D eigenvalue weighted by molar-refractivity contribution is 4.82. The first-order chi connectivity index (χ1) is 6.13. The van der Waals surface area contributed by atoms with E-state index < -0.39 is 0 Å². The van der Waals surface area contributed by atoms with Crippen molar-refractivity contribution in [2.45, 2.75) is 45.7 Å². The fraction of sp³-hybridized carbons (Fsp3) is 1.00. The predicted octanol–water partition coefficient (Wildman–Crippen LogP) is 1.71. The van der Waals surface area contributed by atoms with Gasteiger partial charge in [0.1, 0.15) is 0 Å². The molecule has 0 aromatic carbocycles. The average Bonchev–Trinajstić information content (AvgIpc) is 2.49. The van der Waals surface area contributed by atoms with Crippen molar-refractivity contribution in [3.8, 4) is 0 Å². The summed E-state index contributed by atoms with van der Waals surface area (Å²) in [6.07, 6.45) is 2.59. The van der Waals surface area contributed by atoms with Gasteiger partial charge in [0.05, 0.1) is 0 Å². The summed E-state index contributed by atoms with van der Waals surface area (Å²) >= 11 is 0. The van der Waals surface area contributed by atoms with Crippen LogP contribution >= 0.6 is 0 Å². The molecule has 1 heterocycles. The molecule has 2 nitrogen and oxygen atoms in total. The molecule has 0 saturated carbocycles. The monoisotopic (exact) mass is 184 g/mol. The predicted molar refractivity (Wildman–Crippen MR) is 58.0 cm³/mol. The molecule has 0 amide bonds. The Morgan fingerprint density at radius 2 is 2.15 bits per heavy atom. The maximum absolute atomic E-state index is 3.72. The third-order valence-corrected chi connectivity index (χ3v) is 3.39. The first-order valence-electron chi connectivity index (χ1n) is 5.58. The summed E-state index contributed by atoms with van der Waals surface area (Å²) in [5.74, 6) is 0.797. The second-order valence-electron chi connectivity index (χ2n) is 4.59. The molecule has 1 rings (SSSR count). The van der Waals surface area contributed by atoms with Crippen LogP contribution in [-0.4, -0.2) is 37.1 Å². The number of likely N-dealkylation sites (N-methyl/N-ethyl adjacent to an activating group) is 1. The highest BCUT2D eigenvalue weighted by Crippen LogP contribution is 2.12. The Labute approximate surface area is 82.7 Å². The van der Waals surface area contributed by atoms with Crippen LogP contribution in [0.1, 0.15) is 33.6 Å². The third kappa shape index (κ3) is 3.28. The number of hydrogen-bond donors (Lipinski definition) is 1. The quantitative estimate of drug-likeness (QED) is 0.715. The van der Waals surface area contributed by atoms with E-state index >= 15 is 0 Å². The van der Waals surface area contributed by atoms with E-state index in [0.717, 1.165) is 12.0 Å². The Morgan fingerprint density at radius 3 is 2.62 bits per heavy atom. The van der Waals surface area contributed by atoms with Crippen LogP contribution in [0.4, 0.5) is 0 Å². The topological polar surface area (TPSA) is 15.3 Å². The molecular formula is C11H24N2. The van der Waals surface area contributed by atoms with E-state index in [1.54, 1.807) is 0 Å². The van der Waals surface area contributed by atoms with Gasteiger partial charge in [0.15, 0.2) is 0 Å². The zero-order valence-corrected chi connectivity index (χ0v) is 9.51. The summed E-state index contributed by atoms with van der Waals surface area (Å²) in [7, 11) is 2.20. The lowest BCUT2D eigenvalue weighted by molar-refractivity contribution is 0.337. The Balaban J connectivity index is 2.24. The van der Waals surface area contributed by atoms with Crippen LogP contribution in [0.2, 0.25) is 0 Å². The van der Waals surface area contributed by atoms with Crippen LogP contribution in [0.15, 0.2) is 0 Å². The molecule has 0 aliphatic carbocycles. The maximum atomic E-state index is 3.72. The molecule has 1 aliphatic rings. The van der Waals surface area contributed by atoms with E-state index in [2.05, 4.69) is 38.0 Å². The zero-order chi connectivity index (χ0) is 9.84. The molecule has 0 aromatic heterocycles. The first-order valence-corrected chi connectivity index (χ1v) is 5.58. The van der Waals surface area contributed by atoms with Crippen LogP contribution in [-0.2, 0) is 0 Å². The summed E-state index contributed by atoms with van der Waals surface area (Å²) in [5.41, 5.74) is 0. The van der Waals surface area contributed by atoms with Crippen LogP contribution < -0.4 is 5.32 Å². The molecule has 78 valence electrons. The highest BCUT2D eigenvalue weighted by atomic mass is 15.2. The number of likely N-dealkylation sites (tertiary alicyclic amines) is 1. The molecule has 2 heteroatoms. The zero-order valence-electron chi connectivity index (χ0n) is 9.51. The molecular weight excluding hydrogens is 160 g/mol. The van der Waals surface area contributed by atoms with Gasteiger partial charge in [-0.15, -0.1) is 0 Å². The third-order valence-electron chi connectivity index (χ3n) is 3.39. The van der Waals surface area contributed by atoms with Gasteiger partial charge in [-0.3, -0.25) is 0 Å². The first kappa shape index (κ1) is 11.0. The van der Waals surface area contributed by atoms with Gasteiger partial charge in [-0.25, -0.2) is 0 Å². The average molecular weight is 184 g/mol. The number of hydrogen-bond acceptors (Lipinski definition) is 2. The molecule has 0 aromatic rings. The van der Waals surface area contributed by atoms with Crippen LogP contribution in [0.3, 0.4) is 0 Å². The standard InChI is InChI=1S/C11H24N2/c1-5-9(2)10(3)12-11-6-7-13(4)8-11/h9-12H,5-8H2,1-4H3/t9-,10+,11+/m0/s1. The van der Waals surface area contributed by atoms with Crippen molar-refractivity contribution in [1.29, 1.82) is 0 Å². The molecule has 0 spiro atoms. The SMILES string of the molecule is CC[C@H](C)[C@@H](C)N[C@@H]1CCN(C)C1. The van der Waals surface area contributed by atoms with Gasteiger partial charge in [-0.05, 0) is 32.9 Å². The largest absolute Gasteiger partial charge is 0.310 e. The van der Waals surface area contributed by atoms with Gasteiger partial charge in [0.25, 0.3) is 0 Å². The second kappa shape index (κ2) is 4.97. The van der Waals surface area contributed by atoms with E-state index in [0.29, 0.717) is 6.04 Å². The summed E-state index contributed by atoms with van der Waals surface area (Å²) in [6.45, 7) is 9.39. The second-order valence-corrected chi connectivity index (χ2v) is 4.59. The van der Waals surface area contributed by atoms with Crippen molar-refractivity contribution in [1.82, 2.24) is 10.2 Å². The Kier molecular flexibility index (Phi) is 4.20. The Hall–Kier alpha value is -0.0800. The maximum Gasteiger partial charge on any atom is 0.0209 e. The van der Waals surface area contributed by atoms with Gasteiger partial charge in [-0.1, -0.05) is 20.3 Å². The molecule has 1 fully saturated rings. The summed E-state index contributed by atoms with van der Waals surface area (Å²) in [4.78, 5) is 2.40. The van der Waals surface area contributed by atoms with E-state index in [9.17, 15) is 0 Å². The fourth-order valence-corrected chi connectivity index (χ4v) is 1.96. The number of nitrogens with zero attached hydrogens (tertiary/aromatic N) is 1. The van der Waals surface area contributed by atoms with Crippen molar-refractivity contribution in [2.24, 2.45) is 5.92 Å². The van der Waals surface area contributed by atoms with Gasteiger partial charge < -0.3 is 10.2 Å². The van der Waals surface area contributed by atoms with E-state index in [1.165, 1.54) is 25.9 Å². The minimum Gasteiger partial charge on any atom is -0.310 e. The molecule has 0 radical (unpaired) electrons. The number of nitrogens with one attached hydrogen (secondary N) is 1. The van der Waals surface area contributed by atoms with Gasteiger partial charge in [0, 0.05) is 18.6 Å². The smallest absolute Gasteiger partial charge is 0.0209 e. The van der Waals surface area contributed by atoms with Gasteiger partial charge >= 0.3 is 0 Å². The Bertz CT molecular complexity index is 147. The highest BCUT2D eigenvalue weighted by Gasteiger charge is 2.21. The Morgan fingerprint density at radius 1 is 1.46 bits per heavy atom. The summed E-state index contributed by atoms with van der Waals surface area (Å²) in [6, 6.07) is 1.40. The van der Waals surface area contributed by atoms with E-state index in [1.807, 2.05) is 0 Å². The van der Waals surface area contributed by atoms with Crippen molar-refractivity contribution in [2.75, 3.05) is 20.1 Å². The molecule has 1 saturated heterocycles. The van der Waals surface area contributed by atoms with E-state index in [-0.39, 0.29) is 0 Å². The fourth-order valence-electron chi connectivity index (χ4n) is 1.96. The van der Waals surface area contributed by atoms with Crippen molar-refractivity contribution in [3.63, 3.8) is 0 Å². The molecule has 1 N–H and O–H groups in total. The molecule has 0 unspecified atom stereocenters. The molecule has 1 aliphatic heterocycles. The lowest BCUT2D eigenvalue weighted by atomic mass is 10.00. The minimum atomic E-state index is 0.668. The van der Waals surface area contributed by atoms with Gasteiger partial charge in [-0.2, -0.15) is 0 Å². The lowest BCUT2D eigenvalue weighted by Gasteiger charge is -2.24.